The van der Waals surface area contributed by atoms with Crippen LogP contribution in [0.25, 0.3) is 0 Å². The van der Waals surface area contributed by atoms with Crippen LogP contribution in [0.4, 0.5) is 11.4 Å². The lowest BCUT2D eigenvalue weighted by Crippen LogP contribution is -2.26. The molecular weight excluding hydrogens is 358 g/mol. The van der Waals surface area contributed by atoms with Gasteiger partial charge in [-0.15, -0.1) is 0 Å². The van der Waals surface area contributed by atoms with Gasteiger partial charge in [0.2, 0.25) is 9.60 Å². The van der Waals surface area contributed by atoms with Gasteiger partial charge in [0.1, 0.15) is 0 Å². The molecule has 0 radical (unpaired) electrons. The smallest absolute Gasteiger partial charge is 0.202 e. The van der Waals surface area contributed by atoms with Gasteiger partial charge in [-0.25, -0.2) is 9.98 Å². The Morgan fingerprint density at radius 2 is 1.00 bits per heavy atom. The molecule has 26 heavy (non-hydrogen) atoms. The van der Waals surface area contributed by atoms with Crippen molar-refractivity contribution in [3.8, 4) is 0 Å². The van der Waals surface area contributed by atoms with Crippen molar-refractivity contribution in [3.05, 3.63) is 106 Å². The van der Waals surface area contributed by atoms with Crippen molar-refractivity contribution in [2.24, 2.45) is 9.98 Å². The number of hydrogen-bond acceptors (Lipinski definition) is 4. The van der Waals surface area contributed by atoms with Crippen LogP contribution < -0.4 is 9.60 Å². The molecule has 0 aliphatic rings. The Labute approximate surface area is 159 Å². The van der Waals surface area contributed by atoms with Crippen LogP contribution in [-0.2, 0) is 6.54 Å². The third kappa shape index (κ3) is 4.07. The van der Waals surface area contributed by atoms with E-state index >= 15 is 0 Å². The average Bonchev–Trinajstić information content (AvgIpc) is 3.05. The highest BCUT2D eigenvalue weighted by atomic mass is 32.9. The highest BCUT2D eigenvalue weighted by molar-refractivity contribution is 7.67. The molecule has 0 spiro atoms. The summed E-state index contributed by atoms with van der Waals surface area (Å²) >= 11 is 0. The summed E-state index contributed by atoms with van der Waals surface area (Å²) in [4.78, 5) is 11.6. The van der Waals surface area contributed by atoms with Gasteiger partial charge in [-0.1, -0.05) is 66.7 Å². The van der Waals surface area contributed by atoms with Gasteiger partial charge in [0.05, 0.1) is 17.9 Å². The van der Waals surface area contributed by atoms with Crippen LogP contribution in [0.5, 0.6) is 0 Å². The molecule has 0 aliphatic carbocycles. The van der Waals surface area contributed by atoms with Crippen molar-refractivity contribution in [1.82, 2.24) is 4.57 Å². The summed E-state index contributed by atoms with van der Waals surface area (Å²) in [6.45, 7) is 0.748. The largest absolute Gasteiger partial charge is 0.288 e. The van der Waals surface area contributed by atoms with Gasteiger partial charge in [0, 0.05) is 0 Å². The van der Waals surface area contributed by atoms with Crippen molar-refractivity contribution in [1.29, 1.82) is 0 Å². The van der Waals surface area contributed by atoms with Crippen molar-refractivity contribution in [3.63, 3.8) is 0 Å². The maximum absolute atomic E-state index is 4.83. The first-order chi connectivity index (χ1) is 12.9. The zero-order chi connectivity index (χ0) is 17.6. The minimum absolute atomic E-state index is 0.748. The standard InChI is InChI=1S/C21H17N3S2/c1-4-10-17(11-5-1)16-24-20(22-18-12-6-2-7-13-18)25-26-21(24)23-19-14-8-3-9-15-19/h1-15H,16H2. The second-order valence-electron chi connectivity index (χ2n) is 5.70. The van der Waals surface area contributed by atoms with Crippen molar-refractivity contribution in [2.75, 3.05) is 0 Å². The van der Waals surface area contributed by atoms with E-state index in [1.165, 1.54) is 5.56 Å². The van der Waals surface area contributed by atoms with Crippen LogP contribution >= 0.6 is 20.7 Å². The van der Waals surface area contributed by atoms with E-state index in [4.69, 9.17) is 9.98 Å². The van der Waals surface area contributed by atoms with Gasteiger partial charge in [0.15, 0.2) is 0 Å². The second-order valence-corrected chi connectivity index (χ2v) is 7.76. The minimum atomic E-state index is 0.748. The third-order valence-corrected chi connectivity index (χ3v) is 5.95. The molecule has 0 atom stereocenters. The first-order valence-electron chi connectivity index (χ1n) is 8.32. The summed E-state index contributed by atoms with van der Waals surface area (Å²) in [6.07, 6.45) is 0. The first kappa shape index (κ1) is 16.7. The Hall–Kier alpha value is -2.76. The highest BCUT2D eigenvalue weighted by Crippen LogP contribution is 2.12. The van der Waals surface area contributed by atoms with Crippen molar-refractivity contribution < 1.29 is 0 Å². The van der Waals surface area contributed by atoms with Gasteiger partial charge in [0.25, 0.3) is 0 Å². The normalized spacial score (nSPS) is 12.5. The van der Waals surface area contributed by atoms with Crippen LogP contribution in [0.15, 0.2) is 101 Å². The summed E-state index contributed by atoms with van der Waals surface area (Å²) in [7, 11) is 3.31. The Morgan fingerprint density at radius 1 is 0.577 bits per heavy atom. The van der Waals surface area contributed by atoms with E-state index in [0.29, 0.717) is 0 Å². The van der Waals surface area contributed by atoms with E-state index in [2.05, 4.69) is 28.8 Å². The molecule has 0 unspecified atom stereocenters. The molecule has 3 nitrogen and oxygen atoms in total. The maximum atomic E-state index is 4.83. The number of benzene rings is 3. The summed E-state index contributed by atoms with van der Waals surface area (Å²) in [5, 5.41) is 0. The second kappa shape index (κ2) is 8.08. The summed E-state index contributed by atoms with van der Waals surface area (Å²) < 4.78 is 2.19. The van der Waals surface area contributed by atoms with E-state index in [9.17, 15) is 0 Å². The molecule has 3 aromatic carbocycles. The van der Waals surface area contributed by atoms with Crippen LogP contribution in [0.1, 0.15) is 5.56 Å². The molecule has 5 heteroatoms. The predicted molar refractivity (Wildman–Crippen MR) is 109 cm³/mol. The first-order valence-corrected chi connectivity index (χ1v) is 10.5. The number of rotatable bonds is 4. The fourth-order valence-electron chi connectivity index (χ4n) is 2.53. The molecule has 4 rings (SSSR count). The highest BCUT2D eigenvalue weighted by Gasteiger charge is 2.04. The Morgan fingerprint density at radius 3 is 1.46 bits per heavy atom. The van der Waals surface area contributed by atoms with Gasteiger partial charge in [-0.3, -0.25) is 4.57 Å². The van der Waals surface area contributed by atoms with Crippen LogP contribution in [0, 0.1) is 0 Å². The van der Waals surface area contributed by atoms with Gasteiger partial charge in [-0.05, 0) is 50.5 Å². The molecule has 0 fully saturated rings. The SMILES string of the molecule is c1ccc(Cn2c(=Nc3ccccc3)ssc2=Nc2ccccc2)cc1. The van der Waals surface area contributed by atoms with Gasteiger partial charge < -0.3 is 0 Å². The molecule has 0 saturated carbocycles. The zero-order valence-corrected chi connectivity index (χ0v) is 15.7. The molecule has 0 saturated heterocycles. The van der Waals surface area contributed by atoms with Gasteiger partial charge in [-0.2, -0.15) is 0 Å². The number of para-hydroxylation sites is 2. The zero-order valence-electron chi connectivity index (χ0n) is 14.0. The van der Waals surface area contributed by atoms with Crippen LogP contribution in [0.3, 0.4) is 0 Å². The Kier molecular flexibility index (Phi) is 5.19. The van der Waals surface area contributed by atoms with E-state index in [1.807, 2.05) is 66.7 Å². The Bertz CT molecular complexity index is 1020. The van der Waals surface area contributed by atoms with Crippen LogP contribution in [-0.4, -0.2) is 4.57 Å². The topological polar surface area (TPSA) is 29.6 Å². The molecule has 1 aromatic heterocycles. The van der Waals surface area contributed by atoms with E-state index < -0.39 is 0 Å². The monoisotopic (exact) mass is 375 g/mol. The minimum Gasteiger partial charge on any atom is -0.288 e. The number of nitrogens with zero attached hydrogens (tertiary/aromatic N) is 3. The summed E-state index contributed by atoms with van der Waals surface area (Å²) in [5.41, 5.74) is 3.14. The molecule has 1 heterocycles. The van der Waals surface area contributed by atoms with E-state index in [0.717, 1.165) is 27.5 Å². The molecule has 0 bridgehead atoms. The lowest BCUT2D eigenvalue weighted by molar-refractivity contribution is 0.738. The third-order valence-electron chi connectivity index (χ3n) is 3.80. The number of aromatic nitrogens is 1. The van der Waals surface area contributed by atoms with Crippen molar-refractivity contribution >= 4 is 32.1 Å². The van der Waals surface area contributed by atoms with Crippen LogP contribution in [0.2, 0.25) is 0 Å². The van der Waals surface area contributed by atoms with E-state index in [-0.39, 0.29) is 0 Å². The predicted octanol–water partition coefficient (Wildman–Crippen LogP) is 5.12. The maximum Gasteiger partial charge on any atom is 0.202 e. The lowest BCUT2D eigenvalue weighted by Gasteiger charge is -2.03. The number of hydrogen-bond donors (Lipinski definition) is 0. The average molecular weight is 376 g/mol. The molecule has 0 amide bonds. The molecule has 0 aliphatic heterocycles. The Balaban J connectivity index is 1.85. The van der Waals surface area contributed by atoms with Gasteiger partial charge >= 0.3 is 0 Å². The molecule has 128 valence electrons. The van der Waals surface area contributed by atoms with Crippen molar-refractivity contribution in [2.45, 2.75) is 6.54 Å². The lowest BCUT2D eigenvalue weighted by atomic mass is 10.2. The fourth-order valence-corrected chi connectivity index (χ4v) is 4.72. The summed E-state index contributed by atoms with van der Waals surface area (Å²) in [5.74, 6) is 0. The quantitative estimate of drug-likeness (QED) is 0.443. The summed E-state index contributed by atoms with van der Waals surface area (Å²) in [6, 6.07) is 30.5. The molecule has 4 aromatic rings. The molecular formula is C21H17N3S2. The fraction of sp³-hybridized carbons (Fsp3) is 0.0476. The molecule has 0 N–H and O–H groups in total. The van der Waals surface area contributed by atoms with E-state index in [1.54, 1.807) is 20.7 Å².